The van der Waals surface area contributed by atoms with Gasteiger partial charge in [0.05, 0.1) is 6.04 Å². The maximum atomic E-state index is 12.9. The maximum Gasteiger partial charge on any atom is 0.331 e. The van der Waals surface area contributed by atoms with Crippen LogP contribution >= 0.6 is 0 Å². The standard InChI is InChI=1S/C21H24N2O4/c1-14(2)17(20(22)25)23-18(19(24)16-11-7-4-8-12-16)21(26)27-13-15-9-5-3-6-10-15/h3-12,14,17-18,23H,13H2,1-2H3,(H2,22,25). The lowest BCUT2D eigenvalue weighted by atomic mass is 9.99. The van der Waals surface area contributed by atoms with Crippen LogP contribution in [0.3, 0.4) is 0 Å². The molecule has 6 nitrogen and oxygen atoms in total. The normalized spacial score (nSPS) is 13.0. The number of hydrogen-bond acceptors (Lipinski definition) is 5. The summed E-state index contributed by atoms with van der Waals surface area (Å²) < 4.78 is 5.32. The topological polar surface area (TPSA) is 98.5 Å². The fourth-order valence-corrected chi connectivity index (χ4v) is 2.61. The molecule has 2 aromatic carbocycles. The highest BCUT2D eigenvalue weighted by Gasteiger charge is 2.34. The molecule has 2 aromatic rings. The number of ketones is 1. The molecule has 2 rings (SSSR count). The smallest absolute Gasteiger partial charge is 0.331 e. The number of nitrogens with two attached hydrogens (primary N) is 1. The molecular formula is C21H24N2O4. The number of amides is 1. The summed E-state index contributed by atoms with van der Waals surface area (Å²) >= 11 is 0. The van der Waals surface area contributed by atoms with E-state index in [0.29, 0.717) is 5.56 Å². The Morgan fingerprint density at radius 2 is 1.52 bits per heavy atom. The second-order valence-electron chi connectivity index (χ2n) is 6.55. The monoisotopic (exact) mass is 368 g/mol. The van der Waals surface area contributed by atoms with Crippen molar-refractivity contribution in [3.63, 3.8) is 0 Å². The summed E-state index contributed by atoms with van der Waals surface area (Å²) in [5.41, 5.74) is 6.57. The van der Waals surface area contributed by atoms with E-state index in [2.05, 4.69) is 5.32 Å². The first-order valence-corrected chi connectivity index (χ1v) is 8.75. The summed E-state index contributed by atoms with van der Waals surface area (Å²) in [7, 11) is 0. The Hall–Kier alpha value is -2.99. The van der Waals surface area contributed by atoms with Gasteiger partial charge in [0, 0.05) is 5.56 Å². The Morgan fingerprint density at radius 1 is 0.963 bits per heavy atom. The number of hydrogen-bond donors (Lipinski definition) is 2. The number of nitrogens with one attached hydrogen (secondary N) is 1. The molecule has 2 atom stereocenters. The van der Waals surface area contributed by atoms with Gasteiger partial charge in [0.1, 0.15) is 6.61 Å². The molecule has 142 valence electrons. The van der Waals surface area contributed by atoms with E-state index in [1.807, 2.05) is 30.3 Å². The van der Waals surface area contributed by atoms with Crippen LogP contribution < -0.4 is 11.1 Å². The number of primary amides is 1. The number of carbonyl (C=O) groups excluding carboxylic acids is 3. The molecule has 0 aliphatic carbocycles. The molecule has 2 unspecified atom stereocenters. The summed E-state index contributed by atoms with van der Waals surface area (Å²) in [6, 6.07) is 15.4. The molecule has 0 saturated heterocycles. The van der Waals surface area contributed by atoms with Gasteiger partial charge in [-0.05, 0) is 11.5 Å². The lowest BCUT2D eigenvalue weighted by Gasteiger charge is -2.24. The minimum atomic E-state index is -1.32. The summed E-state index contributed by atoms with van der Waals surface area (Å²) in [5, 5.41) is 2.79. The highest BCUT2D eigenvalue weighted by Crippen LogP contribution is 2.11. The van der Waals surface area contributed by atoms with Crippen LogP contribution in [0, 0.1) is 5.92 Å². The van der Waals surface area contributed by atoms with Gasteiger partial charge in [-0.3, -0.25) is 14.9 Å². The number of esters is 1. The largest absolute Gasteiger partial charge is 0.459 e. The van der Waals surface area contributed by atoms with Crippen molar-refractivity contribution < 1.29 is 19.1 Å². The lowest BCUT2D eigenvalue weighted by molar-refractivity contribution is -0.146. The summed E-state index contributed by atoms with van der Waals surface area (Å²) in [4.78, 5) is 37.3. The Bertz CT molecular complexity index is 775. The van der Waals surface area contributed by atoms with E-state index < -0.39 is 29.7 Å². The molecule has 3 N–H and O–H groups in total. The average molecular weight is 368 g/mol. The van der Waals surface area contributed by atoms with Crippen LogP contribution in [0.4, 0.5) is 0 Å². The third-order valence-electron chi connectivity index (χ3n) is 4.10. The van der Waals surface area contributed by atoms with Crippen LogP contribution in [-0.2, 0) is 20.9 Å². The van der Waals surface area contributed by atoms with Gasteiger partial charge >= 0.3 is 5.97 Å². The molecule has 0 aliphatic heterocycles. The molecule has 0 spiro atoms. The molecule has 0 heterocycles. The van der Waals surface area contributed by atoms with Crippen LogP contribution in [0.25, 0.3) is 0 Å². The Balaban J connectivity index is 2.21. The Morgan fingerprint density at radius 3 is 2.04 bits per heavy atom. The second-order valence-corrected chi connectivity index (χ2v) is 6.55. The van der Waals surface area contributed by atoms with Crippen molar-refractivity contribution in [2.45, 2.75) is 32.5 Å². The quantitative estimate of drug-likeness (QED) is 0.401. The van der Waals surface area contributed by atoms with Crippen molar-refractivity contribution in [2.24, 2.45) is 11.7 Å². The van der Waals surface area contributed by atoms with Gasteiger partial charge in [0.25, 0.3) is 0 Å². The number of benzene rings is 2. The number of ether oxygens (including phenoxy) is 1. The van der Waals surface area contributed by atoms with Crippen LogP contribution in [0.15, 0.2) is 60.7 Å². The molecule has 0 saturated carbocycles. The van der Waals surface area contributed by atoms with E-state index in [0.717, 1.165) is 5.56 Å². The number of rotatable bonds is 9. The predicted octanol–water partition coefficient (Wildman–Crippen LogP) is 2.08. The molecule has 0 aromatic heterocycles. The average Bonchev–Trinajstić information content (AvgIpc) is 2.67. The summed E-state index contributed by atoms with van der Waals surface area (Å²) in [6.07, 6.45) is 0. The summed E-state index contributed by atoms with van der Waals surface area (Å²) in [5.74, 6) is -2.05. The van der Waals surface area contributed by atoms with Gasteiger partial charge in [0.2, 0.25) is 5.91 Å². The van der Waals surface area contributed by atoms with Crippen molar-refractivity contribution >= 4 is 17.7 Å². The minimum absolute atomic E-state index is 0.0306. The van der Waals surface area contributed by atoms with Crippen LogP contribution in [-0.4, -0.2) is 29.7 Å². The number of Topliss-reactive ketones (excluding diaryl/α,β-unsaturated/α-hetero) is 1. The zero-order valence-corrected chi connectivity index (χ0v) is 15.4. The van der Waals surface area contributed by atoms with Crippen molar-refractivity contribution in [1.29, 1.82) is 0 Å². The molecule has 0 aliphatic rings. The fraction of sp³-hybridized carbons (Fsp3) is 0.286. The van der Waals surface area contributed by atoms with Crippen LogP contribution in [0.5, 0.6) is 0 Å². The van der Waals surface area contributed by atoms with E-state index in [1.165, 1.54) is 0 Å². The van der Waals surface area contributed by atoms with Crippen LogP contribution in [0.2, 0.25) is 0 Å². The lowest BCUT2D eigenvalue weighted by Crippen LogP contribution is -2.55. The summed E-state index contributed by atoms with van der Waals surface area (Å²) in [6.45, 7) is 3.59. The first-order valence-electron chi connectivity index (χ1n) is 8.75. The molecular weight excluding hydrogens is 344 g/mol. The van der Waals surface area contributed by atoms with Gasteiger partial charge in [0.15, 0.2) is 11.8 Å². The highest BCUT2D eigenvalue weighted by molar-refractivity contribution is 6.12. The minimum Gasteiger partial charge on any atom is -0.459 e. The Labute approximate surface area is 158 Å². The zero-order chi connectivity index (χ0) is 19.8. The van der Waals surface area contributed by atoms with E-state index in [4.69, 9.17) is 10.5 Å². The van der Waals surface area contributed by atoms with Crippen molar-refractivity contribution in [3.05, 3.63) is 71.8 Å². The molecule has 27 heavy (non-hydrogen) atoms. The third kappa shape index (κ3) is 5.76. The molecule has 1 amide bonds. The van der Waals surface area contributed by atoms with Crippen molar-refractivity contribution in [2.75, 3.05) is 0 Å². The third-order valence-corrected chi connectivity index (χ3v) is 4.10. The van der Waals surface area contributed by atoms with Crippen LogP contribution in [0.1, 0.15) is 29.8 Å². The van der Waals surface area contributed by atoms with E-state index in [1.54, 1.807) is 44.2 Å². The zero-order valence-electron chi connectivity index (χ0n) is 15.4. The van der Waals surface area contributed by atoms with E-state index in [9.17, 15) is 14.4 Å². The van der Waals surface area contributed by atoms with Gasteiger partial charge in [-0.1, -0.05) is 74.5 Å². The SMILES string of the molecule is CC(C)C(NC(C(=O)OCc1ccccc1)C(=O)c1ccccc1)C(N)=O. The molecule has 0 fully saturated rings. The van der Waals surface area contributed by atoms with E-state index in [-0.39, 0.29) is 12.5 Å². The number of carbonyl (C=O) groups is 3. The van der Waals surface area contributed by atoms with Gasteiger partial charge in [-0.25, -0.2) is 4.79 Å². The maximum absolute atomic E-state index is 12.9. The van der Waals surface area contributed by atoms with Crippen molar-refractivity contribution in [1.82, 2.24) is 5.32 Å². The predicted molar refractivity (Wildman–Crippen MR) is 102 cm³/mol. The van der Waals surface area contributed by atoms with Gasteiger partial charge in [-0.2, -0.15) is 0 Å². The molecule has 0 radical (unpaired) electrons. The van der Waals surface area contributed by atoms with Crippen molar-refractivity contribution in [3.8, 4) is 0 Å². The van der Waals surface area contributed by atoms with Gasteiger partial charge < -0.3 is 10.5 Å². The molecule has 0 bridgehead atoms. The highest BCUT2D eigenvalue weighted by atomic mass is 16.5. The first-order chi connectivity index (χ1) is 12.9. The van der Waals surface area contributed by atoms with E-state index >= 15 is 0 Å². The second kappa shape index (κ2) is 9.64. The Kier molecular flexibility index (Phi) is 7.25. The van der Waals surface area contributed by atoms with Gasteiger partial charge in [-0.15, -0.1) is 0 Å². The first kappa shape index (κ1) is 20.3. The fourth-order valence-electron chi connectivity index (χ4n) is 2.61. The molecule has 6 heteroatoms.